The first-order chi connectivity index (χ1) is 12.2. The first kappa shape index (κ1) is 17.3. The van der Waals surface area contributed by atoms with Crippen LogP contribution in [0.5, 0.6) is 17.2 Å². The molecule has 0 atom stereocenters. The molecule has 3 rings (SSSR count). The summed E-state index contributed by atoms with van der Waals surface area (Å²) in [5.41, 5.74) is 3.92. The molecule has 1 aromatic heterocycles. The summed E-state index contributed by atoms with van der Waals surface area (Å²) in [6.45, 7) is 4.24. The Hall–Kier alpha value is -2.49. The van der Waals surface area contributed by atoms with Crippen molar-refractivity contribution in [3.63, 3.8) is 0 Å². The maximum atomic E-state index is 5.43. The van der Waals surface area contributed by atoms with E-state index in [1.807, 2.05) is 30.3 Å². The summed E-state index contributed by atoms with van der Waals surface area (Å²) in [7, 11) is 4.81. The summed E-state index contributed by atoms with van der Waals surface area (Å²) in [5, 5.41) is 0. The molecule has 0 N–H and O–H groups in total. The Balaban J connectivity index is 1.97. The number of hydrogen-bond donors (Lipinski definition) is 0. The number of benzene rings is 2. The van der Waals surface area contributed by atoms with E-state index in [-0.39, 0.29) is 14.5 Å². The molecule has 128 valence electrons. The summed E-state index contributed by atoms with van der Waals surface area (Å²) in [6, 6.07) is 14.0. The molecular weight excluding hydrogens is 381 g/mol. The number of methoxy groups -OCH3 is 3. The van der Waals surface area contributed by atoms with Crippen LogP contribution in [0.2, 0.25) is 0 Å². The van der Waals surface area contributed by atoms with Crippen molar-refractivity contribution in [2.75, 3.05) is 21.3 Å². The van der Waals surface area contributed by atoms with E-state index in [0.29, 0.717) is 17.2 Å². The van der Waals surface area contributed by atoms with Gasteiger partial charge in [-0.25, -0.2) is 0 Å². The zero-order valence-electron chi connectivity index (χ0n) is 14.4. The second-order valence-corrected chi connectivity index (χ2v) is 7.10. The molecule has 0 fully saturated rings. The molecule has 0 saturated carbocycles. The average molecular weight is 400 g/mol. The van der Waals surface area contributed by atoms with Crippen LogP contribution in [0.4, 0.5) is 0 Å². The maximum absolute atomic E-state index is 5.43. The summed E-state index contributed by atoms with van der Waals surface area (Å²) in [4.78, 5) is 6.96. The van der Waals surface area contributed by atoms with Gasteiger partial charge in [-0.15, -0.1) is 0 Å². The van der Waals surface area contributed by atoms with Crippen LogP contribution >= 0.6 is 0 Å². The monoisotopic (exact) mass is 401 g/mol. The first-order valence-electron chi connectivity index (χ1n) is 7.68. The van der Waals surface area contributed by atoms with Gasteiger partial charge < -0.3 is 0 Å². The molecular formula is C20H19NO3Se. The third-order valence-corrected chi connectivity index (χ3v) is 5.74. The molecule has 0 spiro atoms. The number of rotatable bonds is 6. The Morgan fingerprint density at radius 2 is 1.60 bits per heavy atom. The van der Waals surface area contributed by atoms with Crippen LogP contribution in [0, 0.1) is 0 Å². The van der Waals surface area contributed by atoms with Crippen LogP contribution in [0.15, 0.2) is 54.0 Å². The van der Waals surface area contributed by atoms with Gasteiger partial charge in [-0.3, -0.25) is 0 Å². The normalized spacial score (nSPS) is 10.4. The van der Waals surface area contributed by atoms with Crippen LogP contribution < -0.4 is 14.2 Å². The van der Waals surface area contributed by atoms with E-state index in [9.17, 15) is 0 Å². The van der Waals surface area contributed by atoms with Crippen molar-refractivity contribution in [2.45, 2.75) is 0 Å². The van der Waals surface area contributed by atoms with Gasteiger partial charge in [-0.2, -0.15) is 0 Å². The minimum atomic E-state index is 0.142. The molecule has 0 unspecified atom stereocenters. The van der Waals surface area contributed by atoms with E-state index >= 15 is 0 Å². The molecule has 1 heterocycles. The van der Waals surface area contributed by atoms with Crippen molar-refractivity contribution in [3.8, 4) is 28.5 Å². The van der Waals surface area contributed by atoms with Gasteiger partial charge in [0.1, 0.15) is 0 Å². The van der Waals surface area contributed by atoms with Crippen molar-refractivity contribution in [1.29, 1.82) is 0 Å². The number of ether oxygens (including phenoxy) is 3. The van der Waals surface area contributed by atoms with Crippen LogP contribution in [0.25, 0.3) is 16.8 Å². The van der Waals surface area contributed by atoms with Gasteiger partial charge in [-0.05, 0) is 0 Å². The van der Waals surface area contributed by atoms with Crippen molar-refractivity contribution < 1.29 is 14.2 Å². The van der Waals surface area contributed by atoms with E-state index in [0.717, 1.165) is 27.0 Å². The molecule has 25 heavy (non-hydrogen) atoms. The summed E-state index contributed by atoms with van der Waals surface area (Å²) < 4.78 is 17.2. The predicted octanol–water partition coefficient (Wildman–Crippen LogP) is 3.89. The number of hydrogen-bond acceptors (Lipinski definition) is 4. The van der Waals surface area contributed by atoms with Crippen molar-refractivity contribution >= 4 is 20.1 Å². The third-order valence-electron chi connectivity index (χ3n) is 3.85. The Morgan fingerprint density at radius 3 is 2.16 bits per heavy atom. The van der Waals surface area contributed by atoms with Gasteiger partial charge in [0, 0.05) is 0 Å². The molecule has 0 amide bonds. The van der Waals surface area contributed by atoms with Gasteiger partial charge in [0.05, 0.1) is 0 Å². The standard InChI is InChI=1S/C20H19NO3Se/c1-13(15-10-17(22-2)19(24-4)18(11-15)23-3)20-21-16(12-25-20)14-8-6-5-7-9-14/h5-12H,1H2,2-4H3. The summed E-state index contributed by atoms with van der Waals surface area (Å²) in [5.74, 6) is 1.80. The molecule has 2 aromatic carbocycles. The van der Waals surface area contributed by atoms with Crippen molar-refractivity contribution in [3.05, 3.63) is 64.1 Å². The van der Waals surface area contributed by atoms with Crippen LogP contribution in [0.1, 0.15) is 10.1 Å². The van der Waals surface area contributed by atoms with Gasteiger partial charge in [-0.1, -0.05) is 0 Å². The quantitative estimate of drug-likeness (QED) is 0.589. The second-order valence-electron chi connectivity index (χ2n) is 5.30. The van der Waals surface area contributed by atoms with Crippen molar-refractivity contribution in [1.82, 2.24) is 4.98 Å². The molecule has 0 bridgehead atoms. The molecule has 0 saturated heterocycles. The fourth-order valence-corrected chi connectivity index (χ4v) is 4.26. The Labute approximate surface area is 153 Å². The number of nitrogens with zero attached hydrogens (tertiary/aromatic N) is 1. The molecule has 0 aliphatic carbocycles. The Morgan fingerprint density at radius 1 is 0.960 bits per heavy atom. The fraction of sp³-hybridized carbons (Fsp3) is 0.150. The first-order valence-corrected chi connectivity index (χ1v) is 9.53. The van der Waals surface area contributed by atoms with E-state index < -0.39 is 0 Å². The third kappa shape index (κ3) is 3.48. The van der Waals surface area contributed by atoms with Gasteiger partial charge >= 0.3 is 153 Å². The SMILES string of the molecule is C=C(c1cc(OC)c(OC)c(OC)c1)c1nc(-c2ccccc2)c[se]1. The van der Waals surface area contributed by atoms with Crippen LogP contribution in [-0.4, -0.2) is 40.8 Å². The molecule has 0 radical (unpaired) electrons. The minimum absolute atomic E-state index is 0.142. The molecule has 5 heteroatoms. The van der Waals surface area contributed by atoms with Crippen LogP contribution in [0.3, 0.4) is 0 Å². The zero-order valence-corrected chi connectivity index (χ0v) is 16.1. The van der Waals surface area contributed by atoms with E-state index in [1.165, 1.54) is 0 Å². The summed E-state index contributed by atoms with van der Waals surface area (Å²) in [6.07, 6.45) is 0. The number of aromatic nitrogens is 1. The molecule has 0 aliphatic rings. The van der Waals surface area contributed by atoms with Crippen molar-refractivity contribution in [2.24, 2.45) is 0 Å². The fourth-order valence-electron chi connectivity index (χ4n) is 2.53. The molecule has 4 nitrogen and oxygen atoms in total. The van der Waals surface area contributed by atoms with E-state index in [1.54, 1.807) is 21.3 Å². The summed E-state index contributed by atoms with van der Waals surface area (Å²) >= 11 is 0.142. The predicted molar refractivity (Wildman–Crippen MR) is 101 cm³/mol. The topological polar surface area (TPSA) is 40.6 Å². The Kier molecular flexibility index (Phi) is 5.27. The average Bonchev–Trinajstić information content (AvgIpc) is 3.17. The molecule has 3 aromatic rings. The molecule has 0 aliphatic heterocycles. The second kappa shape index (κ2) is 7.60. The Bertz CT molecular complexity index is 862. The van der Waals surface area contributed by atoms with E-state index in [2.05, 4.69) is 23.7 Å². The van der Waals surface area contributed by atoms with Gasteiger partial charge in [0.15, 0.2) is 0 Å². The van der Waals surface area contributed by atoms with E-state index in [4.69, 9.17) is 19.2 Å². The van der Waals surface area contributed by atoms with Crippen LogP contribution in [-0.2, 0) is 0 Å². The van der Waals surface area contributed by atoms with Gasteiger partial charge in [0.2, 0.25) is 0 Å². The van der Waals surface area contributed by atoms with Gasteiger partial charge in [0.25, 0.3) is 0 Å². The zero-order chi connectivity index (χ0) is 17.8.